The predicted molar refractivity (Wildman–Crippen MR) is 71.7 cm³/mol. The van der Waals surface area contributed by atoms with Gasteiger partial charge in [-0.3, -0.25) is 0 Å². The van der Waals surface area contributed by atoms with Gasteiger partial charge in [0.05, 0.1) is 0 Å². The van der Waals surface area contributed by atoms with Crippen molar-refractivity contribution in [1.82, 2.24) is 5.32 Å². The van der Waals surface area contributed by atoms with Crippen LogP contribution in [-0.4, -0.2) is 19.2 Å². The molecule has 1 N–H and O–H groups in total. The van der Waals surface area contributed by atoms with Crippen molar-refractivity contribution in [3.63, 3.8) is 0 Å². The molecule has 1 aliphatic rings. The average molecular weight is 233 g/mol. The molecule has 0 amide bonds. The molecule has 94 valence electrons. The van der Waals surface area contributed by atoms with Crippen LogP contribution < -0.4 is 10.1 Å². The molecule has 0 spiro atoms. The molecule has 0 bridgehead atoms. The van der Waals surface area contributed by atoms with Crippen molar-refractivity contribution in [3.8, 4) is 5.75 Å². The van der Waals surface area contributed by atoms with E-state index in [2.05, 4.69) is 44.3 Å². The quantitative estimate of drug-likeness (QED) is 0.866. The van der Waals surface area contributed by atoms with Gasteiger partial charge in [-0.1, -0.05) is 39.0 Å². The molecule has 0 aromatic heterocycles. The fourth-order valence-corrected chi connectivity index (χ4v) is 2.30. The SMILES string of the molecule is CC(C)(C)c1ccccc1OC[C@H]1CCCN1. The summed E-state index contributed by atoms with van der Waals surface area (Å²) in [7, 11) is 0. The fourth-order valence-electron chi connectivity index (χ4n) is 2.30. The minimum Gasteiger partial charge on any atom is -0.492 e. The number of benzene rings is 1. The van der Waals surface area contributed by atoms with Crippen LogP contribution in [-0.2, 0) is 5.41 Å². The third-order valence-electron chi connectivity index (χ3n) is 3.30. The van der Waals surface area contributed by atoms with Crippen molar-refractivity contribution >= 4 is 0 Å². The van der Waals surface area contributed by atoms with E-state index in [1.165, 1.54) is 18.4 Å². The molecule has 1 saturated heterocycles. The Morgan fingerprint density at radius 2 is 2.06 bits per heavy atom. The first kappa shape index (κ1) is 12.4. The minimum atomic E-state index is 0.139. The molecule has 0 unspecified atom stereocenters. The van der Waals surface area contributed by atoms with Crippen LogP contribution in [0.5, 0.6) is 5.75 Å². The van der Waals surface area contributed by atoms with Crippen molar-refractivity contribution in [2.45, 2.75) is 45.1 Å². The maximum atomic E-state index is 5.99. The Balaban J connectivity index is 2.04. The third kappa shape index (κ3) is 3.22. The van der Waals surface area contributed by atoms with Crippen LogP contribution in [0.3, 0.4) is 0 Å². The van der Waals surface area contributed by atoms with Gasteiger partial charge >= 0.3 is 0 Å². The number of hydrogen-bond acceptors (Lipinski definition) is 2. The Hall–Kier alpha value is -1.02. The van der Waals surface area contributed by atoms with Gasteiger partial charge in [-0.25, -0.2) is 0 Å². The standard InChI is InChI=1S/C15H23NO/c1-15(2,3)13-8-4-5-9-14(13)17-11-12-7-6-10-16-12/h4-5,8-9,12,16H,6-7,10-11H2,1-3H3/t12-/m1/s1. The van der Waals surface area contributed by atoms with E-state index in [0.29, 0.717) is 6.04 Å². The van der Waals surface area contributed by atoms with E-state index < -0.39 is 0 Å². The zero-order valence-corrected chi connectivity index (χ0v) is 11.1. The first-order valence-electron chi connectivity index (χ1n) is 6.53. The summed E-state index contributed by atoms with van der Waals surface area (Å²) in [6, 6.07) is 8.91. The molecular formula is C15H23NO. The zero-order valence-electron chi connectivity index (χ0n) is 11.1. The second-order valence-corrected chi connectivity index (χ2v) is 5.85. The third-order valence-corrected chi connectivity index (χ3v) is 3.30. The Bertz CT molecular complexity index is 361. The molecule has 2 heteroatoms. The van der Waals surface area contributed by atoms with Crippen LogP contribution in [0.25, 0.3) is 0 Å². The molecule has 1 aromatic rings. The molecule has 0 saturated carbocycles. The number of nitrogens with one attached hydrogen (secondary N) is 1. The molecule has 1 heterocycles. The van der Waals surface area contributed by atoms with Crippen LogP contribution in [0.1, 0.15) is 39.2 Å². The maximum Gasteiger partial charge on any atom is 0.123 e. The largest absolute Gasteiger partial charge is 0.492 e. The van der Waals surface area contributed by atoms with Gasteiger partial charge in [0.15, 0.2) is 0 Å². The van der Waals surface area contributed by atoms with E-state index in [1.54, 1.807) is 0 Å². The van der Waals surface area contributed by atoms with Crippen LogP contribution >= 0.6 is 0 Å². The van der Waals surface area contributed by atoms with Gasteiger partial charge in [-0.15, -0.1) is 0 Å². The first-order chi connectivity index (χ1) is 8.07. The van der Waals surface area contributed by atoms with E-state index >= 15 is 0 Å². The van der Waals surface area contributed by atoms with Gasteiger partial charge in [-0.05, 0) is 36.4 Å². The summed E-state index contributed by atoms with van der Waals surface area (Å²) in [6.07, 6.45) is 2.51. The first-order valence-corrected chi connectivity index (χ1v) is 6.53. The summed E-state index contributed by atoms with van der Waals surface area (Å²) >= 11 is 0. The molecule has 1 aliphatic heterocycles. The smallest absolute Gasteiger partial charge is 0.123 e. The highest BCUT2D eigenvalue weighted by Crippen LogP contribution is 2.31. The van der Waals surface area contributed by atoms with Crippen molar-refractivity contribution in [3.05, 3.63) is 29.8 Å². The van der Waals surface area contributed by atoms with E-state index in [9.17, 15) is 0 Å². The second-order valence-electron chi connectivity index (χ2n) is 5.85. The number of para-hydroxylation sites is 1. The molecule has 1 fully saturated rings. The zero-order chi connectivity index (χ0) is 12.3. The molecule has 2 rings (SSSR count). The average Bonchev–Trinajstić information content (AvgIpc) is 2.78. The summed E-state index contributed by atoms with van der Waals surface area (Å²) < 4.78 is 5.99. The van der Waals surface area contributed by atoms with Crippen molar-refractivity contribution < 1.29 is 4.74 Å². The van der Waals surface area contributed by atoms with Gasteiger partial charge < -0.3 is 10.1 Å². The van der Waals surface area contributed by atoms with Crippen molar-refractivity contribution in [2.75, 3.05) is 13.2 Å². The van der Waals surface area contributed by atoms with Crippen LogP contribution in [0.15, 0.2) is 24.3 Å². The highest BCUT2D eigenvalue weighted by atomic mass is 16.5. The molecule has 1 atom stereocenters. The highest BCUT2D eigenvalue weighted by Gasteiger charge is 2.20. The Labute approximate surface area is 104 Å². The van der Waals surface area contributed by atoms with E-state index in [0.717, 1.165) is 18.9 Å². The summed E-state index contributed by atoms with van der Waals surface area (Å²) in [4.78, 5) is 0. The second kappa shape index (κ2) is 5.09. The normalized spacial score (nSPS) is 20.5. The molecule has 17 heavy (non-hydrogen) atoms. The highest BCUT2D eigenvalue weighted by molar-refractivity contribution is 5.38. The Morgan fingerprint density at radius 3 is 2.71 bits per heavy atom. The maximum absolute atomic E-state index is 5.99. The van der Waals surface area contributed by atoms with Crippen LogP contribution in [0, 0.1) is 0 Å². The summed E-state index contributed by atoms with van der Waals surface area (Å²) in [5, 5.41) is 3.46. The lowest BCUT2D eigenvalue weighted by atomic mass is 9.86. The van der Waals surface area contributed by atoms with E-state index in [4.69, 9.17) is 4.74 Å². The number of hydrogen-bond donors (Lipinski definition) is 1. The number of ether oxygens (including phenoxy) is 1. The lowest BCUT2D eigenvalue weighted by Crippen LogP contribution is -2.28. The van der Waals surface area contributed by atoms with Gasteiger partial charge in [0, 0.05) is 6.04 Å². The van der Waals surface area contributed by atoms with Crippen LogP contribution in [0.4, 0.5) is 0 Å². The predicted octanol–water partition coefficient (Wildman–Crippen LogP) is 3.11. The van der Waals surface area contributed by atoms with Gasteiger partial charge in [0.2, 0.25) is 0 Å². The van der Waals surface area contributed by atoms with E-state index in [-0.39, 0.29) is 5.41 Å². The molecular weight excluding hydrogens is 210 g/mol. The fraction of sp³-hybridized carbons (Fsp3) is 0.600. The van der Waals surface area contributed by atoms with Crippen molar-refractivity contribution in [1.29, 1.82) is 0 Å². The van der Waals surface area contributed by atoms with Crippen molar-refractivity contribution in [2.24, 2.45) is 0 Å². The van der Waals surface area contributed by atoms with E-state index in [1.807, 2.05) is 6.07 Å². The molecule has 2 nitrogen and oxygen atoms in total. The monoisotopic (exact) mass is 233 g/mol. The summed E-state index contributed by atoms with van der Waals surface area (Å²) in [5.41, 5.74) is 1.43. The Morgan fingerprint density at radius 1 is 1.29 bits per heavy atom. The molecule has 0 radical (unpaired) electrons. The topological polar surface area (TPSA) is 21.3 Å². The van der Waals surface area contributed by atoms with Crippen LogP contribution in [0.2, 0.25) is 0 Å². The summed E-state index contributed by atoms with van der Waals surface area (Å²) in [5.74, 6) is 1.04. The molecule has 1 aromatic carbocycles. The summed E-state index contributed by atoms with van der Waals surface area (Å²) in [6.45, 7) is 8.59. The van der Waals surface area contributed by atoms with Gasteiger partial charge in [-0.2, -0.15) is 0 Å². The molecule has 0 aliphatic carbocycles. The van der Waals surface area contributed by atoms with Gasteiger partial charge in [0.25, 0.3) is 0 Å². The minimum absolute atomic E-state index is 0.139. The number of rotatable bonds is 3. The van der Waals surface area contributed by atoms with Gasteiger partial charge in [0.1, 0.15) is 12.4 Å². The Kier molecular flexibility index (Phi) is 3.72. The lowest BCUT2D eigenvalue weighted by Gasteiger charge is -2.23. The lowest BCUT2D eigenvalue weighted by molar-refractivity contribution is 0.271.